The molecule has 0 bridgehead atoms. The molecular formula is C23H21FN4. The Morgan fingerprint density at radius 1 is 0.821 bits per heavy atom. The zero-order valence-electron chi connectivity index (χ0n) is 15.6. The van der Waals surface area contributed by atoms with Crippen LogP contribution in [-0.4, -0.2) is 41.0 Å². The van der Waals surface area contributed by atoms with Gasteiger partial charge in [0, 0.05) is 32.7 Å². The van der Waals surface area contributed by atoms with Crippen LogP contribution in [0.25, 0.3) is 21.7 Å². The monoisotopic (exact) mass is 372 g/mol. The number of anilines is 1. The van der Waals surface area contributed by atoms with Crippen LogP contribution in [0.2, 0.25) is 0 Å². The smallest absolute Gasteiger partial charge is 0.142 e. The number of piperazine rings is 1. The van der Waals surface area contributed by atoms with Crippen molar-refractivity contribution in [1.29, 1.82) is 0 Å². The molecule has 1 saturated heterocycles. The van der Waals surface area contributed by atoms with Gasteiger partial charge in [-0.25, -0.2) is 14.4 Å². The van der Waals surface area contributed by atoms with Gasteiger partial charge in [-0.05, 0) is 28.5 Å². The maximum absolute atomic E-state index is 14.4. The van der Waals surface area contributed by atoms with Crippen molar-refractivity contribution in [1.82, 2.24) is 14.9 Å². The number of rotatable bonds is 3. The zero-order valence-corrected chi connectivity index (χ0v) is 15.6. The van der Waals surface area contributed by atoms with Crippen molar-refractivity contribution in [2.75, 3.05) is 31.1 Å². The minimum atomic E-state index is -0.258. The van der Waals surface area contributed by atoms with E-state index >= 15 is 0 Å². The maximum Gasteiger partial charge on any atom is 0.142 e. The van der Waals surface area contributed by atoms with Crippen molar-refractivity contribution < 1.29 is 4.39 Å². The van der Waals surface area contributed by atoms with Crippen LogP contribution < -0.4 is 4.90 Å². The predicted molar refractivity (Wildman–Crippen MR) is 111 cm³/mol. The van der Waals surface area contributed by atoms with E-state index in [0.717, 1.165) is 32.7 Å². The molecule has 0 spiro atoms. The Morgan fingerprint density at radius 2 is 1.61 bits per heavy atom. The Morgan fingerprint density at radius 3 is 2.50 bits per heavy atom. The molecule has 1 aliphatic rings. The van der Waals surface area contributed by atoms with Gasteiger partial charge < -0.3 is 4.90 Å². The summed E-state index contributed by atoms with van der Waals surface area (Å²) in [6, 6.07) is 20.0. The number of hydrogen-bond acceptors (Lipinski definition) is 4. The van der Waals surface area contributed by atoms with Crippen molar-refractivity contribution in [2.24, 2.45) is 0 Å². The molecule has 1 fully saturated rings. The Hall–Kier alpha value is -3.05. The van der Waals surface area contributed by atoms with Crippen molar-refractivity contribution in [2.45, 2.75) is 6.54 Å². The molecule has 0 N–H and O–H groups in total. The number of benzene rings is 3. The summed E-state index contributed by atoms with van der Waals surface area (Å²) in [5, 5.41) is 3.12. The highest BCUT2D eigenvalue weighted by Gasteiger charge is 2.21. The molecule has 4 nitrogen and oxygen atoms in total. The standard InChI is InChI=1S/C23H21FN4/c24-20-9-4-10-21-22(20)23(26-16-25-21)28-13-11-27(12-14-28)15-18-7-3-6-17-5-1-2-8-19(17)18/h1-10,16H,11-15H2. The lowest BCUT2D eigenvalue weighted by atomic mass is 10.0. The third-order valence-corrected chi connectivity index (χ3v) is 5.54. The summed E-state index contributed by atoms with van der Waals surface area (Å²) in [4.78, 5) is 13.2. The minimum Gasteiger partial charge on any atom is -0.353 e. The summed E-state index contributed by atoms with van der Waals surface area (Å²) in [6.45, 7) is 4.41. The van der Waals surface area contributed by atoms with Gasteiger partial charge in [0.05, 0.1) is 10.9 Å². The fourth-order valence-corrected chi connectivity index (χ4v) is 4.08. The Kier molecular flexibility index (Phi) is 4.37. The molecule has 3 aromatic carbocycles. The van der Waals surface area contributed by atoms with Crippen LogP contribution >= 0.6 is 0 Å². The molecule has 1 aromatic heterocycles. The molecule has 140 valence electrons. The molecule has 0 aliphatic carbocycles. The molecule has 5 heteroatoms. The van der Waals surface area contributed by atoms with Crippen LogP contribution in [-0.2, 0) is 6.54 Å². The summed E-state index contributed by atoms with van der Waals surface area (Å²) in [6.07, 6.45) is 1.53. The Labute approximate surface area is 163 Å². The van der Waals surface area contributed by atoms with Crippen molar-refractivity contribution in [3.05, 3.63) is 78.4 Å². The minimum absolute atomic E-state index is 0.258. The lowest BCUT2D eigenvalue weighted by molar-refractivity contribution is 0.250. The number of halogens is 1. The predicted octanol–water partition coefficient (Wildman–Crippen LogP) is 4.24. The quantitative estimate of drug-likeness (QED) is 0.538. The first kappa shape index (κ1) is 17.1. The van der Waals surface area contributed by atoms with Gasteiger partial charge in [-0.2, -0.15) is 0 Å². The second kappa shape index (κ2) is 7.17. The summed E-state index contributed by atoms with van der Waals surface area (Å²) < 4.78 is 14.4. The largest absolute Gasteiger partial charge is 0.353 e. The van der Waals surface area contributed by atoms with E-state index in [4.69, 9.17) is 0 Å². The zero-order chi connectivity index (χ0) is 18.9. The van der Waals surface area contributed by atoms with Gasteiger partial charge >= 0.3 is 0 Å². The van der Waals surface area contributed by atoms with Crippen LogP contribution in [0.1, 0.15) is 5.56 Å². The van der Waals surface area contributed by atoms with Crippen LogP contribution in [0.5, 0.6) is 0 Å². The van der Waals surface area contributed by atoms with Crippen LogP contribution in [0.15, 0.2) is 67.0 Å². The third-order valence-electron chi connectivity index (χ3n) is 5.54. The first-order chi connectivity index (χ1) is 13.8. The molecule has 2 heterocycles. The van der Waals surface area contributed by atoms with Gasteiger partial charge in [0.2, 0.25) is 0 Å². The fourth-order valence-electron chi connectivity index (χ4n) is 4.08. The van der Waals surface area contributed by atoms with E-state index in [1.165, 1.54) is 28.7 Å². The molecule has 5 rings (SSSR count). The molecule has 0 radical (unpaired) electrons. The lowest BCUT2D eigenvalue weighted by Crippen LogP contribution is -2.46. The third kappa shape index (κ3) is 3.08. The van der Waals surface area contributed by atoms with Crippen LogP contribution in [0, 0.1) is 5.82 Å². The van der Waals surface area contributed by atoms with E-state index < -0.39 is 0 Å². The number of aromatic nitrogens is 2. The molecule has 0 saturated carbocycles. The first-order valence-electron chi connectivity index (χ1n) is 9.63. The van der Waals surface area contributed by atoms with Gasteiger partial charge in [0.25, 0.3) is 0 Å². The number of fused-ring (bicyclic) bond motifs is 2. The summed E-state index contributed by atoms with van der Waals surface area (Å²) in [7, 11) is 0. The highest BCUT2D eigenvalue weighted by Crippen LogP contribution is 2.27. The fraction of sp³-hybridized carbons (Fsp3) is 0.217. The van der Waals surface area contributed by atoms with Crippen LogP contribution in [0.3, 0.4) is 0 Å². The van der Waals surface area contributed by atoms with Gasteiger partial charge in [-0.15, -0.1) is 0 Å². The van der Waals surface area contributed by atoms with Crippen molar-refractivity contribution in [3.8, 4) is 0 Å². The van der Waals surface area contributed by atoms with Gasteiger partial charge in [0.1, 0.15) is 18.0 Å². The van der Waals surface area contributed by atoms with E-state index in [1.54, 1.807) is 6.07 Å². The van der Waals surface area contributed by atoms with E-state index in [-0.39, 0.29) is 5.82 Å². The lowest BCUT2D eigenvalue weighted by Gasteiger charge is -2.36. The average Bonchev–Trinajstić information content (AvgIpc) is 2.74. The van der Waals surface area contributed by atoms with Crippen molar-refractivity contribution >= 4 is 27.5 Å². The van der Waals surface area contributed by atoms with Gasteiger partial charge in [-0.1, -0.05) is 48.5 Å². The summed E-state index contributed by atoms with van der Waals surface area (Å²) in [5.74, 6) is 0.444. The normalized spacial score (nSPS) is 15.4. The molecular weight excluding hydrogens is 351 g/mol. The van der Waals surface area contributed by atoms with E-state index in [1.807, 2.05) is 6.07 Å². The molecule has 0 atom stereocenters. The Balaban J connectivity index is 1.35. The van der Waals surface area contributed by atoms with Gasteiger partial charge in [0.15, 0.2) is 0 Å². The molecule has 1 aliphatic heterocycles. The summed E-state index contributed by atoms with van der Waals surface area (Å²) in [5.41, 5.74) is 2.01. The SMILES string of the molecule is Fc1cccc2ncnc(N3CCN(Cc4cccc5ccccc45)CC3)c12. The van der Waals surface area contributed by atoms with E-state index in [0.29, 0.717) is 16.7 Å². The molecule has 28 heavy (non-hydrogen) atoms. The van der Waals surface area contributed by atoms with E-state index in [2.05, 4.69) is 62.2 Å². The topological polar surface area (TPSA) is 32.3 Å². The highest BCUT2D eigenvalue weighted by atomic mass is 19.1. The molecule has 4 aromatic rings. The first-order valence-corrected chi connectivity index (χ1v) is 9.63. The van der Waals surface area contributed by atoms with Gasteiger partial charge in [-0.3, -0.25) is 4.90 Å². The van der Waals surface area contributed by atoms with Crippen molar-refractivity contribution in [3.63, 3.8) is 0 Å². The second-order valence-electron chi connectivity index (χ2n) is 7.23. The number of nitrogens with zero attached hydrogens (tertiary/aromatic N) is 4. The second-order valence-corrected chi connectivity index (χ2v) is 7.23. The summed E-state index contributed by atoms with van der Waals surface area (Å²) >= 11 is 0. The van der Waals surface area contributed by atoms with E-state index in [9.17, 15) is 4.39 Å². The molecule has 0 unspecified atom stereocenters. The molecule has 0 amide bonds. The highest BCUT2D eigenvalue weighted by molar-refractivity contribution is 5.90. The number of hydrogen-bond donors (Lipinski definition) is 0. The van der Waals surface area contributed by atoms with Crippen LogP contribution in [0.4, 0.5) is 10.2 Å². The average molecular weight is 372 g/mol. The Bertz CT molecular complexity index is 1130. The maximum atomic E-state index is 14.4.